The van der Waals surface area contributed by atoms with Crippen molar-refractivity contribution >= 4 is 27.5 Å². The molecule has 0 aliphatic heterocycles. The van der Waals surface area contributed by atoms with Gasteiger partial charge in [0.05, 0.1) is 4.47 Å². The number of halogens is 2. The minimum absolute atomic E-state index is 0.518. The molecule has 2 rings (SSSR count). The molecule has 1 N–H and O–H groups in total. The van der Waals surface area contributed by atoms with Gasteiger partial charge in [0.25, 0.3) is 0 Å². The van der Waals surface area contributed by atoms with E-state index in [1.807, 2.05) is 30.3 Å². The molecule has 0 spiro atoms. The Hall–Kier alpha value is -1.07. The van der Waals surface area contributed by atoms with Crippen molar-refractivity contribution in [2.24, 2.45) is 0 Å². The zero-order valence-electron chi connectivity index (χ0n) is 13.1. The molecule has 0 heterocycles. The van der Waals surface area contributed by atoms with Crippen LogP contribution in [0.15, 0.2) is 46.9 Å². The predicted molar refractivity (Wildman–Crippen MR) is 98.1 cm³/mol. The van der Waals surface area contributed by atoms with Crippen LogP contribution in [-0.4, -0.2) is 20.3 Å². The van der Waals surface area contributed by atoms with Crippen LogP contribution in [0.2, 0.25) is 5.02 Å². The maximum absolute atomic E-state index is 5.88. The van der Waals surface area contributed by atoms with E-state index in [2.05, 4.69) is 33.4 Å². The first-order valence-corrected chi connectivity index (χ1v) is 8.71. The van der Waals surface area contributed by atoms with E-state index in [-0.39, 0.29) is 0 Å². The van der Waals surface area contributed by atoms with Gasteiger partial charge in [0, 0.05) is 25.3 Å². The molecule has 2 aromatic rings. The van der Waals surface area contributed by atoms with E-state index in [4.69, 9.17) is 21.1 Å². The van der Waals surface area contributed by atoms with Crippen LogP contribution in [0.3, 0.4) is 0 Å². The van der Waals surface area contributed by atoms with Crippen molar-refractivity contribution < 1.29 is 9.47 Å². The van der Waals surface area contributed by atoms with Crippen molar-refractivity contribution in [2.45, 2.75) is 19.6 Å². The summed E-state index contributed by atoms with van der Waals surface area (Å²) in [5, 5.41) is 4.13. The second kappa shape index (κ2) is 9.93. The second-order valence-electron chi connectivity index (χ2n) is 5.20. The maximum Gasteiger partial charge on any atom is 0.134 e. The number of hydrogen-bond donors (Lipinski definition) is 1. The van der Waals surface area contributed by atoms with Gasteiger partial charge < -0.3 is 14.8 Å². The SMILES string of the molecule is COCCCNCc1ccc(OCc2ccc(Cl)cc2)c(Br)c1. The number of hydrogen-bond acceptors (Lipinski definition) is 3. The van der Waals surface area contributed by atoms with Crippen LogP contribution in [0.1, 0.15) is 17.5 Å². The van der Waals surface area contributed by atoms with Crippen LogP contribution in [0.4, 0.5) is 0 Å². The first-order chi connectivity index (χ1) is 11.2. The molecule has 0 amide bonds. The molecule has 0 unspecified atom stereocenters. The lowest BCUT2D eigenvalue weighted by atomic mass is 10.2. The topological polar surface area (TPSA) is 30.5 Å². The summed E-state index contributed by atoms with van der Waals surface area (Å²) in [5.41, 5.74) is 2.30. The van der Waals surface area contributed by atoms with E-state index in [1.165, 1.54) is 5.56 Å². The molecule has 0 saturated heterocycles. The first-order valence-electron chi connectivity index (χ1n) is 7.54. The van der Waals surface area contributed by atoms with E-state index >= 15 is 0 Å². The molecule has 2 aromatic carbocycles. The molecule has 124 valence electrons. The largest absolute Gasteiger partial charge is 0.488 e. The van der Waals surface area contributed by atoms with Crippen LogP contribution in [0.5, 0.6) is 5.75 Å². The maximum atomic E-state index is 5.88. The van der Waals surface area contributed by atoms with Gasteiger partial charge in [-0.15, -0.1) is 0 Å². The van der Waals surface area contributed by atoms with Crippen molar-refractivity contribution in [3.8, 4) is 5.75 Å². The highest BCUT2D eigenvalue weighted by atomic mass is 79.9. The molecule has 0 aliphatic carbocycles. The Kier molecular flexibility index (Phi) is 7.89. The van der Waals surface area contributed by atoms with Crippen molar-refractivity contribution in [3.05, 3.63) is 63.1 Å². The fourth-order valence-electron chi connectivity index (χ4n) is 2.09. The first kappa shape index (κ1) is 18.3. The number of ether oxygens (including phenoxy) is 2. The summed E-state index contributed by atoms with van der Waals surface area (Å²) in [5.74, 6) is 0.836. The molecule has 0 fully saturated rings. The monoisotopic (exact) mass is 397 g/mol. The Morgan fingerprint density at radius 1 is 1.09 bits per heavy atom. The van der Waals surface area contributed by atoms with Crippen LogP contribution >= 0.6 is 27.5 Å². The third-order valence-corrected chi connectivity index (χ3v) is 4.21. The van der Waals surface area contributed by atoms with Crippen LogP contribution in [-0.2, 0) is 17.9 Å². The molecule has 0 radical (unpaired) electrons. The Balaban J connectivity index is 1.82. The Morgan fingerprint density at radius 2 is 1.83 bits per heavy atom. The standard InChI is InChI=1S/C18H21BrClNO2/c1-22-10-2-9-21-12-15-5-8-18(17(19)11-15)23-13-14-3-6-16(20)7-4-14/h3-8,11,21H,2,9-10,12-13H2,1H3. The third-order valence-electron chi connectivity index (χ3n) is 3.34. The summed E-state index contributed by atoms with van der Waals surface area (Å²) < 4.78 is 11.8. The average molecular weight is 399 g/mol. The molecule has 0 aromatic heterocycles. The lowest BCUT2D eigenvalue weighted by molar-refractivity contribution is 0.194. The quantitative estimate of drug-likeness (QED) is 0.615. The molecule has 0 saturated carbocycles. The zero-order chi connectivity index (χ0) is 16.5. The molecule has 0 bridgehead atoms. The fourth-order valence-corrected chi connectivity index (χ4v) is 2.75. The molecule has 23 heavy (non-hydrogen) atoms. The van der Waals surface area contributed by atoms with E-state index in [0.717, 1.165) is 46.9 Å². The van der Waals surface area contributed by atoms with Gasteiger partial charge in [-0.2, -0.15) is 0 Å². The molecule has 5 heteroatoms. The highest BCUT2D eigenvalue weighted by molar-refractivity contribution is 9.10. The summed E-state index contributed by atoms with van der Waals surface area (Å²) >= 11 is 9.45. The smallest absolute Gasteiger partial charge is 0.134 e. The highest BCUT2D eigenvalue weighted by Gasteiger charge is 2.04. The highest BCUT2D eigenvalue weighted by Crippen LogP contribution is 2.27. The van der Waals surface area contributed by atoms with Gasteiger partial charge in [0.15, 0.2) is 0 Å². The number of rotatable bonds is 9. The third kappa shape index (κ3) is 6.51. The Morgan fingerprint density at radius 3 is 2.52 bits per heavy atom. The molecule has 3 nitrogen and oxygen atoms in total. The number of benzene rings is 2. The summed E-state index contributed by atoms with van der Waals surface area (Å²) in [4.78, 5) is 0. The summed E-state index contributed by atoms with van der Waals surface area (Å²) in [6, 6.07) is 13.8. The van der Waals surface area contributed by atoms with Gasteiger partial charge in [-0.1, -0.05) is 29.8 Å². The number of nitrogens with one attached hydrogen (secondary N) is 1. The molecular weight excluding hydrogens is 378 g/mol. The van der Waals surface area contributed by atoms with Crippen molar-refractivity contribution in [1.29, 1.82) is 0 Å². The van der Waals surface area contributed by atoms with Crippen molar-refractivity contribution in [2.75, 3.05) is 20.3 Å². The molecular formula is C18H21BrClNO2. The normalized spacial score (nSPS) is 10.7. The van der Waals surface area contributed by atoms with Gasteiger partial charge in [-0.05, 0) is 64.3 Å². The summed E-state index contributed by atoms with van der Waals surface area (Å²) in [6.45, 7) is 3.08. The molecule has 0 aliphatic rings. The van der Waals surface area contributed by atoms with Gasteiger partial charge in [-0.25, -0.2) is 0 Å². The van der Waals surface area contributed by atoms with E-state index in [0.29, 0.717) is 6.61 Å². The van der Waals surface area contributed by atoms with Crippen LogP contribution < -0.4 is 10.1 Å². The van der Waals surface area contributed by atoms with E-state index < -0.39 is 0 Å². The Bertz CT molecular complexity index is 604. The summed E-state index contributed by atoms with van der Waals surface area (Å²) in [7, 11) is 1.72. The average Bonchev–Trinajstić information content (AvgIpc) is 2.55. The lowest BCUT2D eigenvalue weighted by Crippen LogP contribution is -2.16. The zero-order valence-corrected chi connectivity index (χ0v) is 15.5. The van der Waals surface area contributed by atoms with Gasteiger partial charge in [0.2, 0.25) is 0 Å². The van der Waals surface area contributed by atoms with Crippen molar-refractivity contribution in [1.82, 2.24) is 5.32 Å². The molecule has 0 atom stereocenters. The van der Waals surface area contributed by atoms with Gasteiger partial charge in [0.1, 0.15) is 12.4 Å². The van der Waals surface area contributed by atoms with E-state index in [9.17, 15) is 0 Å². The second-order valence-corrected chi connectivity index (χ2v) is 6.49. The summed E-state index contributed by atoms with van der Waals surface area (Å²) in [6.07, 6.45) is 1.01. The minimum Gasteiger partial charge on any atom is -0.488 e. The van der Waals surface area contributed by atoms with E-state index in [1.54, 1.807) is 7.11 Å². The predicted octanol–water partition coefficient (Wildman–Crippen LogP) is 4.81. The van der Waals surface area contributed by atoms with Crippen molar-refractivity contribution in [3.63, 3.8) is 0 Å². The Labute approximate surface area is 151 Å². The van der Waals surface area contributed by atoms with Crippen LogP contribution in [0.25, 0.3) is 0 Å². The fraction of sp³-hybridized carbons (Fsp3) is 0.333. The van der Waals surface area contributed by atoms with Crippen LogP contribution in [0, 0.1) is 0 Å². The van der Waals surface area contributed by atoms with Gasteiger partial charge >= 0.3 is 0 Å². The minimum atomic E-state index is 0.518. The number of methoxy groups -OCH3 is 1. The van der Waals surface area contributed by atoms with Gasteiger partial charge in [-0.3, -0.25) is 0 Å². The lowest BCUT2D eigenvalue weighted by Gasteiger charge is -2.11.